The van der Waals surface area contributed by atoms with Gasteiger partial charge in [-0.2, -0.15) is 4.98 Å². The number of aromatic nitrogens is 4. The Labute approximate surface area is 163 Å². The van der Waals surface area contributed by atoms with Crippen molar-refractivity contribution in [3.8, 4) is 11.5 Å². The highest BCUT2D eigenvalue weighted by Gasteiger charge is 2.18. The minimum absolute atomic E-state index is 0.197. The Bertz CT molecular complexity index is 1160. The molecule has 0 fully saturated rings. The van der Waals surface area contributed by atoms with Crippen molar-refractivity contribution in [2.45, 2.75) is 40.2 Å². The average molecular weight is 376 g/mol. The number of aromatic amines is 1. The third-order valence-electron chi connectivity index (χ3n) is 4.45. The molecule has 0 amide bonds. The third kappa shape index (κ3) is 4.01. The second-order valence-electron chi connectivity index (χ2n) is 6.39. The number of benzene rings is 2. The van der Waals surface area contributed by atoms with Gasteiger partial charge < -0.3 is 4.57 Å². The van der Waals surface area contributed by atoms with Gasteiger partial charge in [-0.25, -0.2) is 9.78 Å². The molecule has 2 heterocycles. The standard InChI is InChI=1S/C20H18N4O2.C2H6/c1-13-9-10-16-15(12-13)21-17-18(22-20(26)23-19(17)25)24(16)11-5-8-14-6-3-2-4-7-14;1-2/h2-4,6-7,9-10,12H,5,8,11H2,1H3,(H,23,25,26);1-2H3. The fourth-order valence-electron chi connectivity index (χ4n) is 3.22. The van der Waals surface area contributed by atoms with Crippen LogP contribution in [0.1, 0.15) is 31.4 Å². The fraction of sp³-hybridized carbons (Fsp3) is 0.273. The van der Waals surface area contributed by atoms with E-state index in [0.29, 0.717) is 12.4 Å². The van der Waals surface area contributed by atoms with Crippen LogP contribution in [0.3, 0.4) is 0 Å². The highest BCUT2D eigenvalue weighted by atomic mass is 16.2. The molecular weight excluding hydrogens is 352 g/mol. The SMILES string of the molecule is CC.Cc1ccc2c(c1)nc1c(=O)[nH]c(=O)nc-1n2CCCc1ccccc1. The summed E-state index contributed by atoms with van der Waals surface area (Å²) in [5.41, 5.74) is 2.96. The summed E-state index contributed by atoms with van der Waals surface area (Å²) < 4.78 is 1.93. The van der Waals surface area contributed by atoms with Crippen LogP contribution in [-0.2, 0) is 13.0 Å². The predicted molar refractivity (Wildman–Crippen MR) is 112 cm³/mol. The summed E-state index contributed by atoms with van der Waals surface area (Å²) in [5, 5.41) is 0. The zero-order valence-corrected chi connectivity index (χ0v) is 16.4. The average Bonchev–Trinajstić information content (AvgIpc) is 2.70. The number of nitrogens with one attached hydrogen (secondary N) is 1. The minimum atomic E-state index is -0.646. The number of hydrogen-bond donors (Lipinski definition) is 1. The minimum Gasteiger partial charge on any atom is -0.322 e. The topological polar surface area (TPSA) is 80.6 Å². The largest absolute Gasteiger partial charge is 0.349 e. The van der Waals surface area contributed by atoms with Gasteiger partial charge in [0, 0.05) is 6.54 Å². The molecule has 2 aliphatic heterocycles. The molecule has 0 bridgehead atoms. The molecular formula is C22H24N4O2. The van der Waals surface area contributed by atoms with E-state index in [1.54, 1.807) is 0 Å². The zero-order valence-electron chi connectivity index (χ0n) is 16.4. The number of nitrogens with zero attached hydrogens (tertiary/aromatic N) is 3. The number of H-pyrrole nitrogens is 1. The fourth-order valence-corrected chi connectivity index (χ4v) is 3.22. The molecule has 1 N–H and O–H groups in total. The van der Waals surface area contributed by atoms with Crippen LogP contribution in [0.15, 0.2) is 58.1 Å². The Hall–Kier alpha value is -3.28. The van der Waals surface area contributed by atoms with Gasteiger partial charge in [0.1, 0.15) is 0 Å². The van der Waals surface area contributed by atoms with Gasteiger partial charge in [0.15, 0.2) is 11.5 Å². The molecule has 28 heavy (non-hydrogen) atoms. The number of fused-ring (bicyclic) bond motifs is 2. The summed E-state index contributed by atoms with van der Waals surface area (Å²) in [4.78, 5) is 34.6. The van der Waals surface area contributed by atoms with Gasteiger partial charge in [0.25, 0.3) is 5.56 Å². The summed E-state index contributed by atoms with van der Waals surface area (Å²) in [6, 6.07) is 16.1. The second-order valence-corrected chi connectivity index (χ2v) is 6.39. The lowest BCUT2D eigenvalue weighted by atomic mass is 10.1. The first-order valence-corrected chi connectivity index (χ1v) is 9.57. The van der Waals surface area contributed by atoms with Gasteiger partial charge in [-0.05, 0) is 43.0 Å². The van der Waals surface area contributed by atoms with Crippen molar-refractivity contribution in [2.24, 2.45) is 0 Å². The molecule has 6 nitrogen and oxygen atoms in total. The maximum atomic E-state index is 12.2. The first-order chi connectivity index (χ1) is 13.6. The molecule has 2 aromatic rings. The van der Waals surface area contributed by atoms with Crippen LogP contribution in [0, 0.1) is 6.92 Å². The Morgan fingerprint density at radius 2 is 1.75 bits per heavy atom. The van der Waals surface area contributed by atoms with E-state index in [1.807, 2.05) is 61.7 Å². The maximum absolute atomic E-state index is 12.2. The molecule has 2 aromatic carbocycles. The van der Waals surface area contributed by atoms with Crippen molar-refractivity contribution in [1.82, 2.24) is 19.5 Å². The van der Waals surface area contributed by atoms with Crippen LogP contribution < -0.4 is 11.2 Å². The molecule has 6 heteroatoms. The van der Waals surface area contributed by atoms with E-state index < -0.39 is 11.2 Å². The van der Waals surface area contributed by atoms with E-state index in [1.165, 1.54) is 5.56 Å². The van der Waals surface area contributed by atoms with Crippen LogP contribution in [0.25, 0.3) is 22.6 Å². The number of hydrogen-bond acceptors (Lipinski definition) is 4. The highest BCUT2D eigenvalue weighted by Crippen LogP contribution is 2.22. The molecule has 0 aliphatic carbocycles. The van der Waals surface area contributed by atoms with Crippen molar-refractivity contribution in [2.75, 3.05) is 0 Å². The van der Waals surface area contributed by atoms with Gasteiger partial charge >= 0.3 is 5.69 Å². The molecule has 0 unspecified atom stereocenters. The summed E-state index contributed by atoms with van der Waals surface area (Å²) in [6.45, 7) is 6.62. The molecule has 144 valence electrons. The summed E-state index contributed by atoms with van der Waals surface area (Å²) in [6.07, 6.45) is 1.76. The molecule has 0 atom stereocenters. The lowest BCUT2D eigenvalue weighted by Crippen LogP contribution is -2.29. The summed E-state index contributed by atoms with van der Waals surface area (Å²) in [5.74, 6) is 0.336. The molecule has 0 radical (unpaired) electrons. The lowest BCUT2D eigenvalue weighted by Gasteiger charge is -2.17. The van der Waals surface area contributed by atoms with Crippen molar-refractivity contribution in [3.05, 3.63) is 80.5 Å². The molecule has 0 spiro atoms. The van der Waals surface area contributed by atoms with Gasteiger partial charge in [-0.1, -0.05) is 50.2 Å². The lowest BCUT2D eigenvalue weighted by molar-refractivity contribution is 0.649. The Balaban J connectivity index is 0.00000109. The molecule has 0 aromatic heterocycles. The van der Waals surface area contributed by atoms with Crippen LogP contribution in [0.5, 0.6) is 0 Å². The van der Waals surface area contributed by atoms with E-state index in [-0.39, 0.29) is 5.69 Å². The Morgan fingerprint density at radius 3 is 2.50 bits per heavy atom. The Morgan fingerprint density at radius 1 is 1.00 bits per heavy atom. The number of rotatable bonds is 4. The van der Waals surface area contributed by atoms with Gasteiger partial charge in [-0.15, -0.1) is 0 Å². The van der Waals surface area contributed by atoms with Gasteiger partial charge in [-0.3, -0.25) is 9.78 Å². The maximum Gasteiger partial charge on any atom is 0.349 e. The molecule has 4 rings (SSSR count). The predicted octanol–water partition coefficient (Wildman–Crippen LogP) is 3.55. The van der Waals surface area contributed by atoms with Gasteiger partial charge in [0.05, 0.1) is 11.0 Å². The van der Waals surface area contributed by atoms with Gasteiger partial charge in [0.2, 0.25) is 0 Å². The third-order valence-corrected chi connectivity index (χ3v) is 4.45. The second kappa shape index (κ2) is 8.61. The molecule has 0 saturated carbocycles. The van der Waals surface area contributed by atoms with E-state index in [2.05, 4.69) is 27.1 Å². The monoisotopic (exact) mass is 376 g/mol. The Kier molecular flexibility index (Phi) is 5.99. The highest BCUT2D eigenvalue weighted by molar-refractivity contribution is 5.79. The van der Waals surface area contributed by atoms with Crippen molar-refractivity contribution in [1.29, 1.82) is 0 Å². The van der Waals surface area contributed by atoms with Crippen LogP contribution in [0.4, 0.5) is 0 Å². The summed E-state index contributed by atoms with van der Waals surface area (Å²) in [7, 11) is 0. The van der Waals surface area contributed by atoms with Crippen molar-refractivity contribution in [3.63, 3.8) is 0 Å². The van der Waals surface area contributed by atoms with E-state index in [0.717, 1.165) is 29.4 Å². The zero-order chi connectivity index (χ0) is 20.1. The molecule has 2 aliphatic rings. The normalized spacial score (nSPS) is 10.7. The molecule has 0 saturated heterocycles. The first-order valence-electron chi connectivity index (χ1n) is 9.57. The quantitative estimate of drug-likeness (QED) is 0.552. The van der Waals surface area contributed by atoms with Crippen LogP contribution in [-0.4, -0.2) is 19.5 Å². The number of aryl methyl sites for hydroxylation is 3. The van der Waals surface area contributed by atoms with Crippen molar-refractivity contribution >= 4 is 11.0 Å². The van der Waals surface area contributed by atoms with Crippen LogP contribution >= 0.6 is 0 Å². The van der Waals surface area contributed by atoms with E-state index >= 15 is 0 Å². The first kappa shape index (κ1) is 19.5. The van der Waals surface area contributed by atoms with E-state index in [9.17, 15) is 9.59 Å². The van der Waals surface area contributed by atoms with Crippen LogP contribution in [0.2, 0.25) is 0 Å². The van der Waals surface area contributed by atoms with E-state index in [4.69, 9.17) is 0 Å². The smallest absolute Gasteiger partial charge is 0.322 e. The summed E-state index contributed by atoms with van der Waals surface area (Å²) >= 11 is 0. The van der Waals surface area contributed by atoms with Crippen molar-refractivity contribution < 1.29 is 0 Å².